The standard InChI is InChI=1S/C16H22N2O3/c1-3-16(9-4-10-16)17-15(21)18(2)11-12-5-7-13(8-6-12)14(19)20/h5-8H,3-4,9-11H2,1-2H3,(H,17,21)(H,19,20). The molecule has 21 heavy (non-hydrogen) atoms. The lowest BCUT2D eigenvalue weighted by atomic mass is 9.75. The first-order valence-electron chi connectivity index (χ1n) is 7.31. The molecule has 1 aliphatic carbocycles. The topological polar surface area (TPSA) is 69.6 Å². The summed E-state index contributed by atoms with van der Waals surface area (Å²) in [5, 5.41) is 12.0. The molecule has 5 heteroatoms. The maximum absolute atomic E-state index is 12.2. The molecule has 0 aromatic heterocycles. The summed E-state index contributed by atoms with van der Waals surface area (Å²) in [6.45, 7) is 2.57. The van der Waals surface area contributed by atoms with Crippen LogP contribution in [0.5, 0.6) is 0 Å². The van der Waals surface area contributed by atoms with Gasteiger partial charge in [-0.1, -0.05) is 19.1 Å². The Balaban J connectivity index is 1.92. The SMILES string of the molecule is CCC1(NC(=O)N(C)Cc2ccc(C(=O)O)cc2)CCC1. The highest BCUT2D eigenvalue weighted by Gasteiger charge is 2.37. The predicted molar refractivity (Wildman–Crippen MR) is 80.3 cm³/mol. The normalized spacial score (nSPS) is 15.9. The van der Waals surface area contributed by atoms with E-state index in [0.29, 0.717) is 6.54 Å². The van der Waals surface area contributed by atoms with Crippen LogP contribution in [0.1, 0.15) is 48.5 Å². The lowest BCUT2D eigenvalue weighted by molar-refractivity contribution is 0.0696. The van der Waals surface area contributed by atoms with E-state index in [4.69, 9.17) is 5.11 Å². The molecular formula is C16H22N2O3. The molecule has 114 valence electrons. The number of benzene rings is 1. The largest absolute Gasteiger partial charge is 0.478 e. The quantitative estimate of drug-likeness (QED) is 0.876. The molecule has 2 amide bonds. The van der Waals surface area contributed by atoms with Gasteiger partial charge >= 0.3 is 12.0 Å². The van der Waals surface area contributed by atoms with Crippen molar-refractivity contribution in [2.75, 3.05) is 7.05 Å². The molecule has 2 N–H and O–H groups in total. The zero-order valence-corrected chi connectivity index (χ0v) is 12.6. The molecule has 1 aliphatic rings. The van der Waals surface area contributed by atoms with Crippen LogP contribution in [0, 0.1) is 0 Å². The van der Waals surface area contributed by atoms with Gasteiger partial charge in [-0.25, -0.2) is 9.59 Å². The van der Waals surface area contributed by atoms with E-state index in [2.05, 4.69) is 12.2 Å². The molecule has 1 aromatic rings. The monoisotopic (exact) mass is 290 g/mol. The summed E-state index contributed by atoms with van der Waals surface area (Å²) in [6.07, 6.45) is 4.24. The minimum Gasteiger partial charge on any atom is -0.478 e. The fourth-order valence-electron chi connectivity index (χ4n) is 2.59. The summed E-state index contributed by atoms with van der Waals surface area (Å²) in [5.41, 5.74) is 1.15. The third-order valence-corrected chi connectivity index (χ3v) is 4.33. The Hall–Kier alpha value is -2.04. The Morgan fingerprint density at radius 2 is 1.90 bits per heavy atom. The van der Waals surface area contributed by atoms with Gasteiger partial charge in [-0.3, -0.25) is 0 Å². The highest BCUT2D eigenvalue weighted by molar-refractivity contribution is 5.87. The van der Waals surface area contributed by atoms with E-state index in [1.54, 1.807) is 36.2 Å². The minimum atomic E-state index is -0.942. The van der Waals surface area contributed by atoms with Crippen LogP contribution in [0.15, 0.2) is 24.3 Å². The van der Waals surface area contributed by atoms with E-state index in [-0.39, 0.29) is 17.1 Å². The number of aromatic carboxylic acids is 1. The molecule has 0 atom stereocenters. The van der Waals surface area contributed by atoms with Crippen molar-refractivity contribution < 1.29 is 14.7 Å². The summed E-state index contributed by atoms with van der Waals surface area (Å²) < 4.78 is 0. The van der Waals surface area contributed by atoms with Crippen LogP contribution in [0.2, 0.25) is 0 Å². The number of rotatable bonds is 5. The first kappa shape index (κ1) is 15.4. The maximum Gasteiger partial charge on any atom is 0.335 e. The molecule has 0 saturated heterocycles. The number of carboxylic acid groups (broad SMARTS) is 1. The smallest absolute Gasteiger partial charge is 0.335 e. The van der Waals surface area contributed by atoms with Gasteiger partial charge in [0.25, 0.3) is 0 Å². The molecule has 0 bridgehead atoms. The van der Waals surface area contributed by atoms with E-state index in [0.717, 1.165) is 24.8 Å². The Morgan fingerprint density at radius 3 is 2.33 bits per heavy atom. The average Bonchev–Trinajstić information content (AvgIpc) is 2.43. The molecule has 1 aromatic carbocycles. The Morgan fingerprint density at radius 1 is 1.29 bits per heavy atom. The third-order valence-electron chi connectivity index (χ3n) is 4.33. The van der Waals surface area contributed by atoms with E-state index >= 15 is 0 Å². The maximum atomic E-state index is 12.2. The van der Waals surface area contributed by atoms with Gasteiger partial charge in [-0.05, 0) is 43.4 Å². The molecular weight excluding hydrogens is 268 g/mol. The second kappa shape index (κ2) is 6.16. The molecule has 1 fully saturated rings. The number of carboxylic acids is 1. The number of hydrogen-bond donors (Lipinski definition) is 2. The highest BCUT2D eigenvalue weighted by Crippen LogP contribution is 2.34. The van der Waals surface area contributed by atoms with Crippen LogP contribution in [0.25, 0.3) is 0 Å². The Labute approximate surface area is 125 Å². The highest BCUT2D eigenvalue weighted by atomic mass is 16.4. The van der Waals surface area contributed by atoms with Crippen molar-refractivity contribution in [1.29, 1.82) is 0 Å². The number of urea groups is 1. The van der Waals surface area contributed by atoms with E-state index in [1.807, 2.05) is 0 Å². The molecule has 0 heterocycles. The lowest BCUT2D eigenvalue weighted by Crippen LogP contribution is -2.55. The molecule has 5 nitrogen and oxygen atoms in total. The van der Waals surface area contributed by atoms with Gasteiger partial charge in [0.1, 0.15) is 0 Å². The zero-order valence-electron chi connectivity index (χ0n) is 12.6. The molecule has 0 radical (unpaired) electrons. The minimum absolute atomic E-state index is 0.0154. The second-order valence-corrected chi connectivity index (χ2v) is 5.78. The summed E-state index contributed by atoms with van der Waals surface area (Å²) in [7, 11) is 1.75. The van der Waals surface area contributed by atoms with Crippen molar-refractivity contribution in [2.24, 2.45) is 0 Å². The van der Waals surface area contributed by atoms with Crippen molar-refractivity contribution in [3.8, 4) is 0 Å². The number of carbonyl (C=O) groups is 2. The summed E-state index contributed by atoms with van der Waals surface area (Å²) in [6, 6.07) is 6.53. The van der Waals surface area contributed by atoms with Crippen LogP contribution in [-0.2, 0) is 6.54 Å². The van der Waals surface area contributed by atoms with Crippen molar-refractivity contribution in [1.82, 2.24) is 10.2 Å². The zero-order chi connectivity index (χ0) is 15.5. The number of nitrogens with one attached hydrogen (secondary N) is 1. The van der Waals surface area contributed by atoms with E-state index in [9.17, 15) is 9.59 Å². The Kier molecular flexibility index (Phi) is 4.50. The summed E-state index contributed by atoms with van der Waals surface area (Å²) in [5.74, 6) is -0.942. The van der Waals surface area contributed by atoms with Gasteiger partial charge in [0.05, 0.1) is 5.56 Å². The van der Waals surface area contributed by atoms with Crippen LogP contribution in [0.4, 0.5) is 4.79 Å². The summed E-state index contributed by atoms with van der Waals surface area (Å²) in [4.78, 5) is 24.6. The summed E-state index contributed by atoms with van der Waals surface area (Å²) >= 11 is 0. The van der Waals surface area contributed by atoms with Gasteiger partial charge < -0.3 is 15.3 Å². The number of carbonyl (C=O) groups excluding carboxylic acids is 1. The van der Waals surface area contributed by atoms with Crippen LogP contribution in [0.3, 0.4) is 0 Å². The van der Waals surface area contributed by atoms with Crippen LogP contribution in [-0.4, -0.2) is 34.6 Å². The first-order valence-corrected chi connectivity index (χ1v) is 7.31. The van der Waals surface area contributed by atoms with Gasteiger partial charge in [0.2, 0.25) is 0 Å². The predicted octanol–water partition coefficient (Wildman–Crippen LogP) is 2.86. The van der Waals surface area contributed by atoms with Gasteiger partial charge in [0.15, 0.2) is 0 Å². The second-order valence-electron chi connectivity index (χ2n) is 5.78. The van der Waals surface area contributed by atoms with Gasteiger partial charge in [0, 0.05) is 19.1 Å². The number of nitrogens with zero attached hydrogens (tertiary/aromatic N) is 1. The fourth-order valence-corrected chi connectivity index (χ4v) is 2.59. The number of hydrogen-bond acceptors (Lipinski definition) is 2. The van der Waals surface area contributed by atoms with Crippen LogP contribution >= 0.6 is 0 Å². The average molecular weight is 290 g/mol. The van der Waals surface area contributed by atoms with Crippen LogP contribution < -0.4 is 5.32 Å². The number of amides is 2. The molecule has 2 rings (SSSR count). The molecule has 1 saturated carbocycles. The fraction of sp³-hybridized carbons (Fsp3) is 0.500. The van der Waals surface area contributed by atoms with Gasteiger partial charge in [-0.15, -0.1) is 0 Å². The molecule has 0 spiro atoms. The van der Waals surface area contributed by atoms with Gasteiger partial charge in [-0.2, -0.15) is 0 Å². The Bertz CT molecular complexity index is 515. The lowest BCUT2D eigenvalue weighted by Gasteiger charge is -2.42. The molecule has 0 aliphatic heterocycles. The molecule has 0 unspecified atom stereocenters. The van der Waals surface area contributed by atoms with E-state index in [1.165, 1.54) is 6.42 Å². The van der Waals surface area contributed by atoms with Crippen molar-refractivity contribution in [2.45, 2.75) is 44.7 Å². The van der Waals surface area contributed by atoms with Crippen molar-refractivity contribution >= 4 is 12.0 Å². The van der Waals surface area contributed by atoms with E-state index < -0.39 is 5.97 Å². The van der Waals surface area contributed by atoms with Crippen molar-refractivity contribution in [3.05, 3.63) is 35.4 Å². The third kappa shape index (κ3) is 3.54. The first-order chi connectivity index (χ1) is 9.96. The van der Waals surface area contributed by atoms with Crippen molar-refractivity contribution in [3.63, 3.8) is 0 Å².